The Kier molecular flexibility index (Phi) is 5.34. The summed E-state index contributed by atoms with van der Waals surface area (Å²) in [6, 6.07) is 2.95. The average molecular weight is 261 g/mol. The van der Waals surface area contributed by atoms with Gasteiger partial charge in [0.1, 0.15) is 0 Å². The van der Waals surface area contributed by atoms with E-state index in [1.54, 1.807) is 0 Å². The van der Waals surface area contributed by atoms with Crippen LogP contribution in [0, 0.1) is 12.8 Å². The van der Waals surface area contributed by atoms with Gasteiger partial charge in [-0.25, -0.2) is 0 Å². The molecule has 0 saturated carbocycles. The highest BCUT2D eigenvalue weighted by molar-refractivity contribution is 5.16. The molecular formula is C16H27N3. The first-order valence-corrected chi connectivity index (χ1v) is 7.50. The summed E-state index contributed by atoms with van der Waals surface area (Å²) in [5.41, 5.74) is 2.60. The number of nitrogens with one attached hydrogen (secondary N) is 1. The van der Waals surface area contributed by atoms with Gasteiger partial charge in [0.15, 0.2) is 0 Å². The van der Waals surface area contributed by atoms with E-state index in [-0.39, 0.29) is 0 Å². The van der Waals surface area contributed by atoms with Crippen LogP contribution in [0.5, 0.6) is 0 Å². The van der Waals surface area contributed by atoms with Gasteiger partial charge in [0.2, 0.25) is 0 Å². The summed E-state index contributed by atoms with van der Waals surface area (Å²) in [6.45, 7) is 11.1. The maximum atomic E-state index is 4.29. The van der Waals surface area contributed by atoms with Crippen molar-refractivity contribution in [2.75, 3.05) is 19.6 Å². The Morgan fingerprint density at radius 2 is 2.26 bits per heavy atom. The molecule has 0 radical (unpaired) electrons. The van der Waals surface area contributed by atoms with Crippen molar-refractivity contribution in [3.63, 3.8) is 0 Å². The zero-order valence-electron chi connectivity index (χ0n) is 12.5. The number of aryl methyl sites for hydroxylation is 1. The van der Waals surface area contributed by atoms with Crippen LogP contribution in [0.15, 0.2) is 18.5 Å². The van der Waals surface area contributed by atoms with Gasteiger partial charge in [0.25, 0.3) is 0 Å². The molecule has 1 aliphatic heterocycles. The Hall–Kier alpha value is -0.930. The molecule has 19 heavy (non-hydrogen) atoms. The Bertz CT molecular complexity index is 389. The molecule has 0 amide bonds. The zero-order chi connectivity index (χ0) is 13.7. The van der Waals surface area contributed by atoms with Crippen molar-refractivity contribution in [3.05, 3.63) is 29.6 Å². The number of nitrogens with zero attached hydrogens (tertiary/aromatic N) is 2. The Labute approximate surface area is 117 Å². The number of hydrogen-bond acceptors (Lipinski definition) is 3. The van der Waals surface area contributed by atoms with E-state index in [2.05, 4.69) is 42.0 Å². The summed E-state index contributed by atoms with van der Waals surface area (Å²) in [6.07, 6.45) is 6.58. The summed E-state index contributed by atoms with van der Waals surface area (Å²) in [5, 5.41) is 3.60. The van der Waals surface area contributed by atoms with Gasteiger partial charge in [-0.15, -0.1) is 0 Å². The fraction of sp³-hybridized carbons (Fsp3) is 0.688. The molecule has 3 nitrogen and oxygen atoms in total. The van der Waals surface area contributed by atoms with Crippen LogP contribution in [0.25, 0.3) is 0 Å². The second-order valence-electron chi connectivity index (χ2n) is 6.19. The number of pyridine rings is 1. The third-order valence-corrected chi connectivity index (χ3v) is 3.75. The minimum absolute atomic E-state index is 0.694. The molecule has 1 atom stereocenters. The van der Waals surface area contributed by atoms with Gasteiger partial charge in [0, 0.05) is 31.5 Å². The second-order valence-corrected chi connectivity index (χ2v) is 6.19. The first-order valence-electron chi connectivity index (χ1n) is 7.50. The van der Waals surface area contributed by atoms with Gasteiger partial charge in [-0.05, 0) is 49.9 Å². The van der Waals surface area contributed by atoms with Crippen LogP contribution in [-0.4, -0.2) is 35.6 Å². The molecule has 1 fully saturated rings. The van der Waals surface area contributed by atoms with Crippen molar-refractivity contribution in [2.24, 2.45) is 5.92 Å². The monoisotopic (exact) mass is 261 g/mol. The van der Waals surface area contributed by atoms with E-state index in [1.807, 2.05) is 12.4 Å². The highest BCUT2D eigenvalue weighted by atomic mass is 15.2. The van der Waals surface area contributed by atoms with E-state index in [4.69, 9.17) is 0 Å². The number of likely N-dealkylation sites (tertiary alicyclic amines) is 1. The molecule has 3 heteroatoms. The van der Waals surface area contributed by atoms with Crippen molar-refractivity contribution in [1.82, 2.24) is 15.2 Å². The second kappa shape index (κ2) is 7.01. The third-order valence-electron chi connectivity index (χ3n) is 3.75. The van der Waals surface area contributed by atoms with Crippen LogP contribution in [-0.2, 0) is 6.54 Å². The molecule has 106 valence electrons. The molecule has 1 saturated heterocycles. The zero-order valence-corrected chi connectivity index (χ0v) is 12.5. The van der Waals surface area contributed by atoms with Gasteiger partial charge >= 0.3 is 0 Å². The molecule has 1 aromatic heterocycles. The number of rotatable bonds is 6. The minimum atomic E-state index is 0.694. The smallest absolute Gasteiger partial charge is 0.0313 e. The standard InChI is InChI=1S/C16H27N3/c1-13(2)8-17-11-16-5-4-6-19(16)12-15-7-14(3)9-18-10-15/h7,9-10,13,16-17H,4-6,8,11-12H2,1-3H3. The first kappa shape index (κ1) is 14.5. The van der Waals surface area contributed by atoms with E-state index in [1.165, 1.54) is 30.5 Å². The van der Waals surface area contributed by atoms with E-state index in [0.29, 0.717) is 6.04 Å². The fourth-order valence-corrected chi connectivity index (χ4v) is 2.81. The highest BCUT2D eigenvalue weighted by Crippen LogP contribution is 2.19. The SMILES string of the molecule is Cc1cncc(CN2CCCC2CNCC(C)C)c1. The molecule has 0 bridgehead atoms. The van der Waals surface area contributed by atoms with E-state index in [9.17, 15) is 0 Å². The normalized spacial score (nSPS) is 20.3. The lowest BCUT2D eigenvalue weighted by molar-refractivity contribution is 0.237. The van der Waals surface area contributed by atoms with Crippen LogP contribution in [0.3, 0.4) is 0 Å². The molecule has 1 aliphatic rings. The predicted molar refractivity (Wildman–Crippen MR) is 80.1 cm³/mol. The Morgan fingerprint density at radius 1 is 1.42 bits per heavy atom. The molecule has 0 aliphatic carbocycles. The lowest BCUT2D eigenvalue weighted by Crippen LogP contribution is -2.38. The van der Waals surface area contributed by atoms with Gasteiger partial charge in [-0.3, -0.25) is 9.88 Å². The highest BCUT2D eigenvalue weighted by Gasteiger charge is 2.24. The maximum absolute atomic E-state index is 4.29. The summed E-state index contributed by atoms with van der Waals surface area (Å²) < 4.78 is 0. The van der Waals surface area contributed by atoms with Gasteiger partial charge < -0.3 is 5.32 Å². The van der Waals surface area contributed by atoms with Crippen molar-refractivity contribution in [3.8, 4) is 0 Å². The largest absolute Gasteiger partial charge is 0.315 e. The minimum Gasteiger partial charge on any atom is -0.315 e. The van der Waals surface area contributed by atoms with Crippen LogP contribution < -0.4 is 5.32 Å². The van der Waals surface area contributed by atoms with Gasteiger partial charge in [-0.1, -0.05) is 19.9 Å². The molecular weight excluding hydrogens is 234 g/mol. The van der Waals surface area contributed by atoms with Crippen LogP contribution in [0.4, 0.5) is 0 Å². The lowest BCUT2D eigenvalue weighted by Gasteiger charge is -2.25. The molecule has 1 aromatic rings. The molecule has 2 rings (SSSR count). The van der Waals surface area contributed by atoms with Crippen molar-refractivity contribution >= 4 is 0 Å². The van der Waals surface area contributed by atoms with Crippen molar-refractivity contribution in [1.29, 1.82) is 0 Å². The van der Waals surface area contributed by atoms with E-state index in [0.717, 1.165) is 25.6 Å². The fourth-order valence-electron chi connectivity index (χ4n) is 2.81. The molecule has 0 aromatic carbocycles. The van der Waals surface area contributed by atoms with E-state index < -0.39 is 0 Å². The topological polar surface area (TPSA) is 28.2 Å². The van der Waals surface area contributed by atoms with Crippen molar-refractivity contribution < 1.29 is 0 Å². The lowest BCUT2D eigenvalue weighted by atomic mass is 10.1. The van der Waals surface area contributed by atoms with Crippen molar-refractivity contribution in [2.45, 2.75) is 46.2 Å². The maximum Gasteiger partial charge on any atom is 0.0313 e. The van der Waals surface area contributed by atoms with E-state index >= 15 is 0 Å². The Balaban J connectivity index is 1.84. The molecule has 2 heterocycles. The third kappa shape index (κ3) is 4.59. The first-order chi connectivity index (χ1) is 9.15. The van der Waals surface area contributed by atoms with Crippen LogP contribution >= 0.6 is 0 Å². The predicted octanol–water partition coefficient (Wildman–Crippen LogP) is 2.60. The van der Waals surface area contributed by atoms with Crippen LogP contribution in [0.2, 0.25) is 0 Å². The summed E-state index contributed by atoms with van der Waals surface area (Å²) in [4.78, 5) is 6.90. The number of hydrogen-bond donors (Lipinski definition) is 1. The summed E-state index contributed by atoms with van der Waals surface area (Å²) in [5.74, 6) is 0.732. The summed E-state index contributed by atoms with van der Waals surface area (Å²) >= 11 is 0. The summed E-state index contributed by atoms with van der Waals surface area (Å²) in [7, 11) is 0. The average Bonchev–Trinajstić information content (AvgIpc) is 2.76. The van der Waals surface area contributed by atoms with Crippen LogP contribution in [0.1, 0.15) is 37.8 Å². The quantitative estimate of drug-likeness (QED) is 0.853. The number of aromatic nitrogens is 1. The van der Waals surface area contributed by atoms with Gasteiger partial charge in [0.05, 0.1) is 0 Å². The molecule has 1 N–H and O–H groups in total. The molecule has 0 spiro atoms. The molecule has 1 unspecified atom stereocenters. The van der Waals surface area contributed by atoms with Gasteiger partial charge in [-0.2, -0.15) is 0 Å². The Morgan fingerprint density at radius 3 is 3.00 bits per heavy atom.